The molecule has 2 heterocycles. The fourth-order valence-electron chi connectivity index (χ4n) is 1.76. The SMILES string of the molecule is CCc1cc(C(O)Cc2ccoc2)n(C)n1. The van der Waals surface area contributed by atoms with Gasteiger partial charge in [0.2, 0.25) is 0 Å². The van der Waals surface area contributed by atoms with Crippen LogP contribution in [0.4, 0.5) is 0 Å². The average Bonchev–Trinajstić information content (AvgIpc) is 2.87. The second kappa shape index (κ2) is 4.53. The van der Waals surface area contributed by atoms with Crippen molar-refractivity contribution in [1.82, 2.24) is 9.78 Å². The van der Waals surface area contributed by atoms with Gasteiger partial charge in [0.1, 0.15) is 0 Å². The van der Waals surface area contributed by atoms with E-state index in [-0.39, 0.29) is 0 Å². The van der Waals surface area contributed by atoms with Crippen molar-refractivity contribution >= 4 is 0 Å². The molecule has 0 aliphatic heterocycles. The highest BCUT2D eigenvalue weighted by atomic mass is 16.3. The molecule has 2 rings (SSSR count). The van der Waals surface area contributed by atoms with Crippen molar-refractivity contribution in [3.05, 3.63) is 41.6 Å². The molecule has 16 heavy (non-hydrogen) atoms. The summed E-state index contributed by atoms with van der Waals surface area (Å²) in [5.41, 5.74) is 2.84. The van der Waals surface area contributed by atoms with Crippen molar-refractivity contribution in [3.8, 4) is 0 Å². The molecule has 4 nitrogen and oxygen atoms in total. The van der Waals surface area contributed by atoms with Gasteiger partial charge in [0.05, 0.1) is 30.0 Å². The molecule has 0 fully saturated rings. The zero-order valence-corrected chi connectivity index (χ0v) is 9.55. The van der Waals surface area contributed by atoms with Crippen molar-refractivity contribution in [2.45, 2.75) is 25.9 Å². The van der Waals surface area contributed by atoms with Crippen LogP contribution in [0.2, 0.25) is 0 Å². The summed E-state index contributed by atoms with van der Waals surface area (Å²) in [4.78, 5) is 0. The van der Waals surface area contributed by atoms with E-state index in [9.17, 15) is 5.11 Å². The molecule has 0 bridgehead atoms. The second-order valence-corrected chi connectivity index (χ2v) is 3.89. The minimum absolute atomic E-state index is 0.532. The Morgan fingerprint density at radius 1 is 1.56 bits per heavy atom. The number of furan rings is 1. The molecule has 4 heteroatoms. The molecule has 1 unspecified atom stereocenters. The monoisotopic (exact) mass is 220 g/mol. The number of hydrogen-bond acceptors (Lipinski definition) is 3. The van der Waals surface area contributed by atoms with Crippen LogP contribution in [0.3, 0.4) is 0 Å². The van der Waals surface area contributed by atoms with Gasteiger partial charge in [-0.15, -0.1) is 0 Å². The summed E-state index contributed by atoms with van der Waals surface area (Å²) < 4.78 is 6.71. The van der Waals surface area contributed by atoms with Gasteiger partial charge in [0.25, 0.3) is 0 Å². The van der Waals surface area contributed by atoms with Crippen LogP contribution < -0.4 is 0 Å². The molecular formula is C12H16N2O2. The number of hydrogen-bond donors (Lipinski definition) is 1. The van der Waals surface area contributed by atoms with E-state index in [2.05, 4.69) is 12.0 Å². The van der Waals surface area contributed by atoms with Gasteiger partial charge >= 0.3 is 0 Å². The standard InChI is InChI=1S/C12H16N2O2/c1-3-10-7-11(14(2)13-10)12(15)6-9-4-5-16-8-9/h4-5,7-8,12,15H,3,6H2,1-2H3. The molecule has 0 aromatic carbocycles. The van der Waals surface area contributed by atoms with E-state index < -0.39 is 6.10 Å². The normalized spacial score (nSPS) is 12.9. The van der Waals surface area contributed by atoms with Crippen LogP contribution in [0.1, 0.15) is 30.0 Å². The zero-order chi connectivity index (χ0) is 11.5. The lowest BCUT2D eigenvalue weighted by atomic mass is 10.1. The van der Waals surface area contributed by atoms with Gasteiger partial charge in [-0.05, 0) is 24.1 Å². The fourth-order valence-corrected chi connectivity index (χ4v) is 1.76. The molecule has 0 saturated heterocycles. The summed E-state index contributed by atoms with van der Waals surface area (Å²) in [6.45, 7) is 2.05. The van der Waals surface area contributed by atoms with Crippen molar-refractivity contribution < 1.29 is 9.52 Å². The van der Waals surface area contributed by atoms with Gasteiger partial charge in [-0.2, -0.15) is 5.10 Å². The summed E-state index contributed by atoms with van der Waals surface area (Å²) in [6, 6.07) is 3.81. The minimum Gasteiger partial charge on any atom is -0.472 e. The Hall–Kier alpha value is -1.55. The van der Waals surface area contributed by atoms with Crippen LogP contribution in [0.15, 0.2) is 29.1 Å². The number of aryl methyl sites for hydroxylation is 2. The molecule has 2 aromatic rings. The molecule has 0 saturated carbocycles. The maximum atomic E-state index is 10.1. The van der Waals surface area contributed by atoms with E-state index in [0.717, 1.165) is 23.4 Å². The third kappa shape index (κ3) is 2.17. The maximum absolute atomic E-state index is 10.1. The highest BCUT2D eigenvalue weighted by Crippen LogP contribution is 2.19. The Morgan fingerprint density at radius 2 is 2.38 bits per heavy atom. The Balaban J connectivity index is 2.14. The summed E-state index contributed by atoms with van der Waals surface area (Å²) in [6.07, 6.45) is 4.17. The largest absolute Gasteiger partial charge is 0.472 e. The fraction of sp³-hybridized carbons (Fsp3) is 0.417. The van der Waals surface area contributed by atoms with Crippen molar-refractivity contribution in [2.75, 3.05) is 0 Å². The molecule has 0 radical (unpaired) electrons. The van der Waals surface area contributed by atoms with Gasteiger partial charge in [0, 0.05) is 13.5 Å². The Morgan fingerprint density at radius 3 is 2.94 bits per heavy atom. The molecule has 0 aliphatic rings. The van der Waals surface area contributed by atoms with Gasteiger partial charge < -0.3 is 9.52 Å². The van der Waals surface area contributed by atoms with Crippen LogP contribution in [0, 0.1) is 0 Å². The first kappa shape index (κ1) is 11.0. The Kier molecular flexibility index (Phi) is 3.10. The number of rotatable bonds is 4. The van der Waals surface area contributed by atoms with Crippen molar-refractivity contribution in [1.29, 1.82) is 0 Å². The number of nitrogens with zero attached hydrogens (tertiary/aromatic N) is 2. The molecule has 2 aromatic heterocycles. The van der Waals surface area contributed by atoms with Crippen molar-refractivity contribution in [3.63, 3.8) is 0 Å². The number of aliphatic hydroxyl groups is 1. The third-order valence-corrected chi connectivity index (χ3v) is 2.68. The number of aromatic nitrogens is 2. The lowest BCUT2D eigenvalue weighted by Crippen LogP contribution is -2.07. The van der Waals surface area contributed by atoms with Crippen LogP contribution >= 0.6 is 0 Å². The van der Waals surface area contributed by atoms with Gasteiger partial charge in [-0.25, -0.2) is 0 Å². The average molecular weight is 220 g/mol. The van der Waals surface area contributed by atoms with Crippen molar-refractivity contribution in [2.24, 2.45) is 7.05 Å². The summed E-state index contributed by atoms with van der Waals surface area (Å²) in [7, 11) is 1.85. The molecule has 0 aliphatic carbocycles. The van der Waals surface area contributed by atoms with E-state index in [0.29, 0.717) is 6.42 Å². The first-order valence-electron chi connectivity index (χ1n) is 5.42. The van der Waals surface area contributed by atoms with E-state index in [1.807, 2.05) is 19.2 Å². The first-order chi connectivity index (χ1) is 7.70. The number of aliphatic hydroxyl groups excluding tert-OH is 1. The third-order valence-electron chi connectivity index (χ3n) is 2.68. The topological polar surface area (TPSA) is 51.2 Å². The minimum atomic E-state index is -0.532. The van der Waals surface area contributed by atoms with E-state index >= 15 is 0 Å². The molecule has 86 valence electrons. The summed E-state index contributed by atoms with van der Waals surface area (Å²) in [5.74, 6) is 0. The molecule has 0 spiro atoms. The quantitative estimate of drug-likeness (QED) is 0.855. The van der Waals surface area contributed by atoms with E-state index in [4.69, 9.17) is 4.42 Å². The van der Waals surface area contributed by atoms with Crippen LogP contribution in [-0.4, -0.2) is 14.9 Å². The smallest absolute Gasteiger partial charge is 0.0997 e. The molecular weight excluding hydrogens is 204 g/mol. The van der Waals surface area contributed by atoms with Crippen LogP contribution in [-0.2, 0) is 19.9 Å². The van der Waals surface area contributed by atoms with Gasteiger partial charge in [-0.1, -0.05) is 6.92 Å². The van der Waals surface area contributed by atoms with Crippen LogP contribution in [0.25, 0.3) is 0 Å². The summed E-state index contributed by atoms with van der Waals surface area (Å²) in [5, 5.41) is 14.4. The predicted octanol–water partition coefficient (Wildman–Crippen LogP) is 1.85. The molecule has 1 atom stereocenters. The zero-order valence-electron chi connectivity index (χ0n) is 9.55. The van der Waals surface area contributed by atoms with E-state index in [1.165, 1.54) is 0 Å². The highest BCUT2D eigenvalue weighted by molar-refractivity contribution is 5.16. The predicted molar refractivity (Wildman–Crippen MR) is 60.0 cm³/mol. The Bertz CT molecular complexity index is 446. The molecule has 0 amide bonds. The Labute approximate surface area is 94.5 Å². The van der Waals surface area contributed by atoms with Gasteiger partial charge in [0.15, 0.2) is 0 Å². The highest BCUT2D eigenvalue weighted by Gasteiger charge is 2.14. The lowest BCUT2D eigenvalue weighted by molar-refractivity contribution is 0.168. The molecule has 1 N–H and O–H groups in total. The second-order valence-electron chi connectivity index (χ2n) is 3.89. The lowest BCUT2D eigenvalue weighted by Gasteiger charge is -2.08. The first-order valence-corrected chi connectivity index (χ1v) is 5.42. The summed E-state index contributed by atoms with van der Waals surface area (Å²) >= 11 is 0. The van der Waals surface area contributed by atoms with Crippen LogP contribution in [0.5, 0.6) is 0 Å². The maximum Gasteiger partial charge on any atom is 0.0997 e. The van der Waals surface area contributed by atoms with Gasteiger partial charge in [-0.3, -0.25) is 4.68 Å². The van der Waals surface area contributed by atoms with E-state index in [1.54, 1.807) is 17.2 Å².